The molecular weight excluding hydrogens is 385 g/mol. The molecule has 1 saturated carbocycles. The summed E-state index contributed by atoms with van der Waals surface area (Å²) in [6.07, 6.45) is 4.02. The number of nitrogens with two attached hydrogens (primary N) is 1. The Morgan fingerprint density at radius 3 is 2.52 bits per heavy atom. The van der Waals surface area contributed by atoms with Crippen molar-refractivity contribution >= 4 is 24.0 Å². The molecule has 0 bridgehead atoms. The molecular formula is C19H23Cl2N5O. The van der Waals surface area contributed by atoms with Gasteiger partial charge in [0.05, 0.1) is 23.3 Å². The summed E-state index contributed by atoms with van der Waals surface area (Å²) in [6, 6.07) is 7.77. The van der Waals surface area contributed by atoms with Crippen molar-refractivity contribution in [2.75, 3.05) is 0 Å². The lowest BCUT2D eigenvalue weighted by molar-refractivity contribution is 0.372. The van der Waals surface area contributed by atoms with Crippen LogP contribution in [0.1, 0.15) is 48.5 Å². The van der Waals surface area contributed by atoms with E-state index < -0.39 is 5.54 Å². The highest BCUT2D eigenvalue weighted by atomic mass is 35.5. The largest absolute Gasteiger partial charge is 0.334 e. The summed E-state index contributed by atoms with van der Waals surface area (Å²) in [5, 5.41) is 9.55. The number of aromatic nitrogens is 4. The summed E-state index contributed by atoms with van der Waals surface area (Å²) in [5.74, 6) is 1.10. The Morgan fingerprint density at radius 1 is 1.19 bits per heavy atom. The molecule has 3 aromatic rings. The molecule has 2 heterocycles. The minimum atomic E-state index is -0.455. The minimum Gasteiger partial charge on any atom is -0.334 e. The normalized spacial score (nSPS) is 15.7. The highest BCUT2D eigenvalue weighted by Crippen LogP contribution is 2.36. The van der Waals surface area contributed by atoms with Gasteiger partial charge in [0, 0.05) is 10.7 Å². The quantitative estimate of drug-likeness (QED) is 0.692. The second kappa shape index (κ2) is 7.62. The van der Waals surface area contributed by atoms with Crippen molar-refractivity contribution in [3.8, 4) is 11.5 Å². The molecule has 1 fully saturated rings. The zero-order chi connectivity index (χ0) is 18.3. The van der Waals surface area contributed by atoms with Gasteiger partial charge in [0.1, 0.15) is 0 Å². The topological polar surface area (TPSA) is 82.8 Å². The third-order valence-electron chi connectivity index (χ3n) is 5.21. The van der Waals surface area contributed by atoms with E-state index in [2.05, 4.69) is 15.2 Å². The van der Waals surface area contributed by atoms with E-state index in [4.69, 9.17) is 21.9 Å². The Bertz CT molecular complexity index is 926. The van der Waals surface area contributed by atoms with E-state index in [-0.39, 0.29) is 12.4 Å². The van der Waals surface area contributed by atoms with Crippen LogP contribution in [0.15, 0.2) is 28.8 Å². The Hall–Kier alpha value is -1.89. The second-order valence-corrected chi connectivity index (χ2v) is 7.55. The van der Waals surface area contributed by atoms with E-state index >= 15 is 0 Å². The predicted molar refractivity (Wildman–Crippen MR) is 107 cm³/mol. The van der Waals surface area contributed by atoms with Gasteiger partial charge in [-0.1, -0.05) is 41.7 Å². The summed E-state index contributed by atoms with van der Waals surface area (Å²) in [4.78, 5) is 4.61. The van der Waals surface area contributed by atoms with Crippen LogP contribution in [0.2, 0.25) is 5.02 Å². The molecule has 0 atom stereocenters. The van der Waals surface area contributed by atoms with Crippen LogP contribution in [0, 0.1) is 13.8 Å². The average molecular weight is 408 g/mol. The van der Waals surface area contributed by atoms with Gasteiger partial charge in [0.15, 0.2) is 5.82 Å². The SMILES string of the molecule is Cc1nn(Cc2ccc(Cl)cc2)c(C)c1-c1nc(C2(N)CCCC2)no1.Cl. The second-order valence-electron chi connectivity index (χ2n) is 7.12. The van der Waals surface area contributed by atoms with Crippen LogP contribution < -0.4 is 5.73 Å². The Kier molecular flexibility index (Phi) is 5.60. The van der Waals surface area contributed by atoms with Crippen molar-refractivity contribution in [3.63, 3.8) is 0 Å². The average Bonchev–Trinajstić information content (AvgIpc) is 3.31. The Balaban J connectivity index is 0.00000210. The van der Waals surface area contributed by atoms with Crippen LogP contribution in [0.3, 0.4) is 0 Å². The molecule has 1 aliphatic rings. The van der Waals surface area contributed by atoms with E-state index in [9.17, 15) is 0 Å². The molecule has 144 valence electrons. The molecule has 0 saturated heterocycles. The van der Waals surface area contributed by atoms with Gasteiger partial charge in [-0.25, -0.2) is 0 Å². The third kappa shape index (κ3) is 3.74. The molecule has 0 radical (unpaired) electrons. The van der Waals surface area contributed by atoms with Gasteiger partial charge >= 0.3 is 0 Å². The van der Waals surface area contributed by atoms with Gasteiger partial charge in [-0.2, -0.15) is 10.1 Å². The summed E-state index contributed by atoms with van der Waals surface area (Å²) < 4.78 is 7.51. The number of hydrogen-bond acceptors (Lipinski definition) is 5. The molecule has 0 spiro atoms. The van der Waals surface area contributed by atoms with Crippen LogP contribution in [0.4, 0.5) is 0 Å². The minimum absolute atomic E-state index is 0. The molecule has 0 aliphatic heterocycles. The molecule has 27 heavy (non-hydrogen) atoms. The first kappa shape index (κ1) is 19.9. The Labute approximate surface area is 169 Å². The monoisotopic (exact) mass is 407 g/mol. The molecule has 8 heteroatoms. The van der Waals surface area contributed by atoms with Gasteiger partial charge in [0.2, 0.25) is 0 Å². The summed E-state index contributed by atoms with van der Waals surface area (Å²) in [5.41, 5.74) is 9.87. The maximum absolute atomic E-state index is 6.45. The van der Waals surface area contributed by atoms with Crippen molar-refractivity contribution in [2.24, 2.45) is 5.73 Å². The van der Waals surface area contributed by atoms with Crippen molar-refractivity contribution in [1.82, 2.24) is 19.9 Å². The molecule has 0 amide bonds. The fourth-order valence-corrected chi connectivity index (χ4v) is 3.81. The highest BCUT2D eigenvalue weighted by Gasteiger charge is 2.36. The number of aryl methyl sites for hydroxylation is 1. The first-order chi connectivity index (χ1) is 12.5. The molecule has 1 aliphatic carbocycles. The standard InChI is InChI=1S/C19H22ClN5O.ClH/c1-12-16(17-22-18(24-26-17)19(21)9-3-4-10-19)13(2)25(23-12)11-14-5-7-15(20)8-6-14;/h5-8H,3-4,9-11,21H2,1-2H3;1H. The summed E-state index contributed by atoms with van der Waals surface area (Å²) in [7, 11) is 0. The number of nitrogens with zero attached hydrogens (tertiary/aromatic N) is 4. The van der Waals surface area contributed by atoms with E-state index in [0.717, 1.165) is 53.2 Å². The van der Waals surface area contributed by atoms with Gasteiger partial charge in [0.25, 0.3) is 5.89 Å². The zero-order valence-electron chi connectivity index (χ0n) is 15.4. The molecule has 0 unspecified atom stereocenters. The van der Waals surface area contributed by atoms with Gasteiger partial charge in [-0.3, -0.25) is 4.68 Å². The number of benzene rings is 1. The molecule has 1 aromatic carbocycles. The maximum atomic E-state index is 6.45. The number of hydrogen-bond donors (Lipinski definition) is 1. The van der Waals surface area contributed by atoms with E-state index in [0.29, 0.717) is 18.3 Å². The van der Waals surface area contributed by atoms with Crippen LogP contribution in [0.5, 0.6) is 0 Å². The van der Waals surface area contributed by atoms with Crippen LogP contribution in [-0.4, -0.2) is 19.9 Å². The van der Waals surface area contributed by atoms with E-state index in [1.54, 1.807) is 0 Å². The van der Waals surface area contributed by atoms with Crippen molar-refractivity contribution in [1.29, 1.82) is 0 Å². The molecule has 2 aromatic heterocycles. The van der Waals surface area contributed by atoms with Gasteiger partial charge < -0.3 is 10.3 Å². The lowest BCUT2D eigenvalue weighted by atomic mass is 9.98. The van der Waals surface area contributed by atoms with Gasteiger partial charge in [-0.15, -0.1) is 12.4 Å². The maximum Gasteiger partial charge on any atom is 0.261 e. The van der Waals surface area contributed by atoms with Crippen molar-refractivity contribution < 1.29 is 4.52 Å². The molecule has 6 nitrogen and oxygen atoms in total. The van der Waals surface area contributed by atoms with Crippen LogP contribution >= 0.6 is 24.0 Å². The highest BCUT2D eigenvalue weighted by molar-refractivity contribution is 6.30. The smallest absolute Gasteiger partial charge is 0.261 e. The third-order valence-corrected chi connectivity index (χ3v) is 5.46. The van der Waals surface area contributed by atoms with Gasteiger partial charge in [-0.05, 0) is 44.4 Å². The number of halogens is 2. The van der Waals surface area contributed by atoms with E-state index in [1.807, 2.05) is 42.8 Å². The van der Waals surface area contributed by atoms with Crippen molar-refractivity contribution in [3.05, 3.63) is 52.1 Å². The predicted octanol–water partition coefficient (Wildman–Crippen LogP) is 4.40. The van der Waals surface area contributed by atoms with Crippen LogP contribution in [-0.2, 0) is 12.1 Å². The Morgan fingerprint density at radius 2 is 1.85 bits per heavy atom. The fraction of sp³-hybridized carbons (Fsp3) is 0.421. The fourth-order valence-electron chi connectivity index (χ4n) is 3.68. The zero-order valence-corrected chi connectivity index (χ0v) is 17.0. The van der Waals surface area contributed by atoms with Crippen LogP contribution in [0.25, 0.3) is 11.5 Å². The first-order valence-electron chi connectivity index (χ1n) is 8.88. The lowest BCUT2D eigenvalue weighted by Gasteiger charge is -2.17. The molecule has 2 N–H and O–H groups in total. The van der Waals surface area contributed by atoms with Crippen molar-refractivity contribution in [2.45, 2.75) is 51.6 Å². The van der Waals surface area contributed by atoms with E-state index in [1.165, 1.54) is 0 Å². The summed E-state index contributed by atoms with van der Waals surface area (Å²) >= 11 is 5.96. The first-order valence-corrected chi connectivity index (χ1v) is 9.26. The summed E-state index contributed by atoms with van der Waals surface area (Å²) in [6.45, 7) is 4.63. The molecule has 4 rings (SSSR count). The number of rotatable bonds is 4. The lowest BCUT2D eigenvalue weighted by Crippen LogP contribution is -2.34.